The second-order valence-electron chi connectivity index (χ2n) is 13.6. The van der Waals surface area contributed by atoms with E-state index in [0.717, 1.165) is 34.9 Å². The van der Waals surface area contributed by atoms with E-state index in [0.29, 0.717) is 22.1 Å². The molecular formula is C40H30ClF6N7O6S. The number of ether oxygens (including phenoxy) is 1. The average molecular weight is 886 g/mol. The first kappa shape index (κ1) is 42.5. The summed E-state index contributed by atoms with van der Waals surface area (Å²) in [5.41, 5.74) is -1.91. The molecule has 0 fully saturated rings. The number of halogens is 7. The Morgan fingerprint density at radius 1 is 0.934 bits per heavy atom. The average Bonchev–Trinajstić information content (AvgIpc) is 3.52. The molecule has 0 spiro atoms. The fourth-order valence-corrected chi connectivity index (χ4v) is 8.02. The number of aromatic nitrogens is 5. The summed E-state index contributed by atoms with van der Waals surface area (Å²) in [6.45, 7) is -1.83. The molecule has 3 heterocycles. The number of hydrogen-bond donors (Lipinski definition) is 3. The van der Waals surface area contributed by atoms with Crippen LogP contribution in [0.1, 0.15) is 23.0 Å². The second kappa shape index (κ2) is 16.8. The molecule has 7 aromatic rings. The Hall–Kier alpha value is -6.67. The smallest absolute Gasteiger partial charge is 0.408 e. The molecule has 0 aliphatic carbocycles. The van der Waals surface area contributed by atoms with Crippen LogP contribution < -0.4 is 20.3 Å². The van der Waals surface area contributed by atoms with Gasteiger partial charge in [0.15, 0.2) is 11.5 Å². The van der Waals surface area contributed by atoms with Gasteiger partial charge in [-0.05, 0) is 78.2 Å². The third kappa shape index (κ3) is 9.39. The van der Waals surface area contributed by atoms with Crippen LogP contribution in [-0.4, -0.2) is 63.0 Å². The molecule has 0 saturated carbocycles. The van der Waals surface area contributed by atoms with E-state index in [2.05, 4.69) is 25.1 Å². The number of fused-ring (bicyclic) bond motifs is 2. The topological polar surface area (TPSA) is 170 Å². The molecule has 0 unspecified atom stereocenters. The molecule has 7 rings (SSSR count). The SMILES string of the molecule is COc1ccc(CCS(=O)(=O)Nc2nn(CC(F)(F)F)c3c(-n4c([C@H](Cc5cc(F)cc(F)c5)NC(=O)O)nc5nc(-c6ccccc6F)ccc5c4=O)ccc(Cl)c23)cc1. The number of pyridine rings is 1. The number of carboxylic acid groups (broad SMARTS) is 1. The molecular weight excluding hydrogens is 856 g/mol. The number of carbonyl (C=O) groups is 1. The number of methoxy groups -OCH3 is 1. The Balaban J connectivity index is 1.46. The Kier molecular flexibility index (Phi) is 11.7. The zero-order valence-electron chi connectivity index (χ0n) is 31.3. The Bertz CT molecular complexity index is 2980. The summed E-state index contributed by atoms with van der Waals surface area (Å²) in [4.78, 5) is 35.9. The summed E-state index contributed by atoms with van der Waals surface area (Å²) in [5.74, 6) is -3.94. The van der Waals surface area contributed by atoms with Gasteiger partial charge in [0.2, 0.25) is 10.0 Å². The lowest BCUT2D eigenvalue weighted by Gasteiger charge is -2.23. The zero-order valence-corrected chi connectivity index (χ0v) is 32.9. The minimum absolute atomic E-state index is 0.00168. The molecule has 21 heteroatoms. The van der Waals surface area contributed by atoms with Crippen LogP contribution in [0, 0.1) is 17.5 Å². The van der Waals surface area contributed by atoms with Crippen molar-refractivity contribution >= 4 is 55.5 Å². The van der Waals surface area contributed by atoms with Gasteiger partial charge in [0.05, 0.1) is 51.6 Å². The van der Waals surface area contributed by atoms with E-state index >= 15 is 0 Å². The fourth-order valence-electron chi connectivity index (χ4n) is 6.73. The maximum Gasteiger partial charge on any atom is 0.408 e. The van der Waals surface area contributed by atoms with Crippen molar-refractivity contribution < 1.29 is 49.4 Å². The van der Waals surface area contributed by atoms with Crippen molar-refractivity contribution in [3.05, 3.63) is 141 Å². The Labute approximate surface area is 346 Å². The van der Waals surface area contributed by atoms with E-state index in [1.54, 1.807) is 24.3 Å². The van der Waals surface area contributed by atoms with Gasteiger partial charge in [0, 0.05) is 18.1 Å². The van der Waals surface area contributed by atoms with Crippen molar-refractivity contribution in [2.75, 3.05) is 17.6 Å². The summed E-state index contributed by atoms with van der Waals surface area (Å²) >= 11 is 6.58. The van der Waals surface area contributed by atoms with E-state index < -0.39 is 92.9 Å². The monoisotopic (exact) mass is 885 g/mol. The van der Waals surface area contributed by atoms with E-state index in [1.807, 2.05) is 0 Å². The van der Waals surface area contributed by atoms with Gasteiger partial charge >= 0.3 is 12.3 Å². The number of benzene rings is 4. The molecule has 0 saturated heterocycles. The fraction of sp³-hybridized carbons (Fsp3) is 0.175. The molecule has 4 aromatic carbocycles. The van der Waals surface area contributed by atoms with Crippen molar-refractivity contribution in [3.8, 4) is 22.7 Å². The van der Waals surface area contributed by atoms with Crippen LogP contribution >= 0.6 is 11.6 Å². The summed E-state index contributed by atoms with van der Waals surface area (Å²) < 4.78 is 122. The summed E-state index contributed by atoms with van der Waals surface area (Å²) in [5, 5.41) is 15.1. The third-order valence-electron chi connectivity index (χ3n) is 9.34. The predicted molar refractivity (Wildman–Crippen MR) is 213 cm³/mol. The van der Waals surface area contributed by atoms with Gasteiger partial charge in [-0.25, -0.2) is 36.4 Å². The lowest BCUT2D eigenvalue weighted by Crippen LogP contribution is -2.35. The van der Waals surface area contributed by atoms with E-state index in [9.17, 15) is 49.5 Å². The first-order chi connectivity index (χ1) is 28.9. The van der Waals surface area contributed by atoms with E-state index in [-0.39, 0.29) is 44.7 Å². The van der Waals surface area contributed by atoms with Crippen LogP contribution in [-0.2, 0) is 29.4 Å². The van der Waals surface area contributed by atoms with Gasteiger partial charge in [-0.3, -0.25) is 18.8 Å². The van der Waals surface area contributed by atoms with E-state index in [1.165, 1.54) is 37.4 Å². The van der Waals surface area contributed by atoms with Crippen LogP contribution in [0.25, 0.3) is 38.9 Å². The molecule has 0 bridgehead atoms. The highest BCUT2D eigenvalue weighted by Gasteiger charge is 2.34. The van der Waals surface area contributed by atoms with Crippen LogP contribution in [0.5, 0.6) is 5.75 Å². The van der Waals surface area contributed by atoms with Crippen molar-refractivity contribution in [3.63, 3.8) is 0 Å². The standard InChI is InChI=1S/C40H30ClF6N7O6S/c1-60-25-8-6-21(7-9-25)14-15-61(58,59)52-36-33-28(41)11-13-32(34(33)53(51-36)20-40(45,46)47)54-37(31(49-39(56)57)18-22-16-23(42)19-24(43)17-22)50-35-27(38(54)55)10-12-30(48-35)26-4-2-3-5-29(26)44/h2-13,16-17,19,31,49H,14-15,18,20H2,1H3,(H,51,52)(H,56,57)/t31-/m0/s1. The third-order valence-corrected chi connectivity index (χ3v) is 10.9. The number of alkyl halides is 3. The van der Waals surface area contributed by atoms with E-state index in [4.69, 9.17) is 16.3 Å². The van der Waals surface area contributed by atoms with Crippen molar-refractivity contribution in [1.82, 2.24) is 29.6 Å². The number of nitrogens with zero attached hydrogens (tertiary/aromatic N) is 5. The number of anilines is 1. The molecule has 0 aliphatic rings. The van der Waals surface area contributed by atoms with Gasteiger partial charge in [-0.2, -0.15) is 18.3 Å². The molecule has 1 amide bonds. The van der Waals surface area contributed by atoms with Gasteiger partial charge in [-0.15, -0.1) is 0 Å². The maximum absolute atomic E-state index is 14.9. The van der Waals surface area contributed by atoms with Crippen LogP contribution in [0.4, 0.5) is 37.0 Å². The molecule has 3 N–H and O–H groups in total. The van der Waals surface area contributed by atoms with Crippen molar-refractivity contribution in [1.29, 1.82) is 0 Å². The number of hydrogen-bond acceptors (Lipinski definition) is 8. The molecule has 1 atom stereocenters. The van der Waals surface area contributed by atoms with Crippen LogP contribution in [0.3, 0.4) is 0 Å². The lowest BCUT2D eigenvalue weighted by atomic mass is 10.0. The quantitative estimate of drug-likeness (QED) is 0.0972. The van der Waals surface area contributed by atoms with Crippen molar-refractivity contribution in [2.45, 2.75) is 31.6 Å². The zero-order chi connectivity index (χ0) is 43.8. The number of sulfonamides is 1. The number of rotatable bonds is 13. The van der Waals surface area contributed by atoms with Gasteiger partial charge in [0.25, 0.3) is 5.56 Å². The maximum atomic E-state index is 14.9. The molecule has 61 heavy (non-hydrogen) atoms. The summed E-state index contributed by atoms with van der Waals surface area (Å²) in [6, 6.07) is 17.5. The first-order valence-corrected chi connectivity index (χ1v) is 20.0. The molecule has 13 nitrogen and oxygen atoms in total. The summed E-state index contributed by atoms with van der Waals surface area (Å²) in [7, 11) is -2.90. The predicted octanol–water partition coefficient (Wildman–Crippen LogP) is 7.97. The normalized spacial score (nSPS) is 12.5. The second-order valence-corrected chi connectivity index (χ2v) is 15.8. The Morgan fingerprint density at radius 2 is 1.64 bits per heavy atom. The minimum atomic E-state index is -4.99. The summed E-state index contributed by atoms with van der Waals surface area (Å²) in [6.07, 6.45) is -7.30. The van der Waals surface area contributed by atoms with Crippen LogP contribution in [0.2, 0.25) is 5.02 Å². The highest BCUT2D eigenvalue weighted by Crippen LogP contribution is 2.37. The molecule has 0 aliphatic heterocycles. The number of amides is 1. The lowest BCUT2D eigenvalue weighted by molar-refractivity contribution is -0.141. The molecule has 3 aromatic heterocycles. The van der Waals surface area contributed by atoms with Gasteiger partial charge in [-0.1, -0.05) is 35.9 Å². The first-order valence-electron chi connectivity index (χ1n) is 17.9. The largest absolute Gasteiger partial charge is 0.497 e. The Morgan fingerprint density at radius 3 is 2.30 bits per heavy atom. The highest BCUT2D eigenvalue weighted by atomic mass is 35.5. The van der Waals surface area contributed by atoms with Gasteiger partial charge in [0.1, 0.15) is 35.6 Å². The van der Waals surface area contributed by atoms with Gasteiger partial charge < -0.3 is 15.2 Å². The van der Waals surface area contributed by atoms with Crippen molar-refractivity contribution in [2.24, 2.45) is 0 Å². The minimum Gasteiger partial charge on any atom is -0.497 e. The molecule has 0 radical (unpaired) electrons. The van der Waals surface area contributed by atoms with Crippen LogP contribution in [0.15, 0.2) is 95.8 Å². The molecule has 316 valence electrons. The highest BCUT2D eigenvalue weighted by molar-refractivity contribution is 7.92. The number of aryl methyl sites for hydroxylation is 1. The number of nitrogens with one attached hydrogen (secondary N) is 2.